The predicted molar refractivity (Wildman–Crippen MR) is 166 cm³/mol. The lowest BCUT2D eigenvalue weighted by atomic mass is 9.99. The van der Waals surface area contributed by atoms with E-state index in [1.807, 2.05) is 44.2 Å². The lowest BCUT2D eigenvalue weighted by molar-refractivity contribution is 0.0281. The Morgan fingerprint density at radius 2 is 1.57 bits per heavy atom. The van der Waals surface area contributed by atoms with Crippen LogP contribution >= 0.6 is 37.2 Å². The van der Waals surface area contributed by atoms with Crippen LogP contribution in [0.5, 0.6) is 0 Å². The summed E-state index contributed by atoms with van der Waals surface area (Å²) in [5.74, 6) is 0.636. The molecule has 0 aromatic heterocycles. The van der Waals surface area contributed by atoms with Crippen LogP contribution in [-0.4, -0.2) is 53.7 Å². The van der Waals surface area contributed by atoms with E-state index in [4.69, 9.17) is 5.73 Å². The van der Waals surface area contributed by atoms with Gasteiger partial charge in [-0.3, -0.25) is 4.79 Å². The first-order valence-corrected chi connectivity index (χ1v) is 11.8. The fourth-order valence-corrected chi connectivity index (χ4v) is 4.59. The molecule has 0 atom stereocenters. The van der Waals surface area contributed by atoms with Gasteiger partial charge in [0.1, 0.15) is 0 Å². The van der Waals surface area contributed by atoms with E-state index >= 15 is 0 Å². The first-order valence-electron chi connectivity index (χ1n) is 11.8. The maximum absolute atomic E-state index is 12.7. The van der Waals surface area contributed by atoms with Crippen molar-refractivity contribution in [3.8, 4) is 0 Å². The summed E-state index contributed by atoms with van der Waals surface area (Å²) in [6.45, 7) is 7.58. The Labute approximate surface area is 242 Å². The highest BCUT2D eigenvalue weighted by molar-refractivity contribution is 6.05. The third-order valence-electron chi connectivity index (χ3n) is 6.43. The summed E-state index contributed by atoms with van der Waals surface area (Å²) < 4.78 is 0. The van der Waals surface area contributed by atoms with E-state index in [0.717, 1.165) is 44.9 Å². The number of halogens is 3. The average Bonchev–Trinajstić information content (AvgIpc) is 3.58. The molecule has 37 heavy (non-hydrogen) atoms. The van der Waals surface area contributed by atoms with Crippen LogP contribution in [0.25, 0.3) is 0 Å². The van der Waals surface area contributed by atoms with E-state index in [0.29, 0.717) is 23.0 Å². The number of aliphatic hydroxyl groups is 1. The maximum atomic E-state index is 12.7. The van der Waals surface area contributed by atoms with Crippen LogP contribution in [-0.2, 0) is 0 Å². The van der Waals surface area contributed by atoms with Crippen LogP contribution in [0.1, 0.15) is 64.7 Å². The molecule has 0 radical (unpaired) electrons. The van der Waals surface area contributed by atoms with Gasteiger partial charge in [0.05, 0.1) is 17.0 Å². The number of likely N-dealkylation sites (tertiary alicyclic amines) is 1. The first kappa shape index (κ1) is 37.5. The molecule has 1 amide bonds. The molecule has 0 bridgehead atoms. The number of para-hydroxylation sites is 2. The van der Waals surface area contributed by atoms with Crippen molar-refractivity contribution >= 4 is 60.2 Å². The molecule has 1 saturated carbocycles. The van der Waals surface area contributed by atoms with Crippen LogP contribution < -0.4 is 16.0 Å². The number of nitrogens with zero attached hydrogens (tertiary/aromatic N) is 2. The Hall–Kier alpha value is -1.70. The fraction of sp³-hybridized carbons (Fsp3) is 0.536. The molecular formula is C28H47Cl3N4O2. The molecule has 2 aliphatic rings. The molecule has 6 nitrogen and oxygen atoms in total. The van der Waals surface area contributed by atoms with Gasteiger partial charge >= 0.3 is 0 Å². The highest BCUT2D eigenvalue weighted by atomic mass is 35.5. The Bertz CT molecular complexity index is 926. The number of piperidine rings is 1. The second-order valence-electron chi connectivity index (χ2n) is 10.0. The number of hydrogen-bond donors (Lipinski definition) is 3. The number of benzene rings is 2. The molecule has 4 N–H and O–H groups in total. The molecular weight excluding hydrogens is 531 g/mol. The van der Waals surface area contributed by atoms with Crippen LogP contribution in [0.4, 0.5) is 17.1 Å². The van der Waals surface area contributed by atoms with E-state index in [9.17, 15) is 9.90 Å². The van der Waals surface area contributed by atoms with Gasteiger partial charge in [-0.1, -0.05) is 27.0 Å². The fourth-order valence-electron chi connectivity index (χ4n) is 4.59. The lowest BCUT2D eigenvalue weighted by Crippen LogP contribution is -2.49. The number of nitrogen functional groups attached to an aromatic ring is 1. The number of anilines is 3. The van der Waals surface area contributed by atoms with Crippen molar-refractivity contribution in [2.24, 2.45) is 5.92 Å². The average molecular weight is 578 g/mol. The van der Waals surface area contributed by atoms with E-state index in [1.54, 1.807) is 6.07 Å². The largest absolute Gasteiger partial charge is 0.397 e. The number of β-amino-alcohol motifs (C(OH)–C–C–N with tert-alkyl or cyclic N) is 1. The Morgan fingerprint density at radius 1 is 1.00 bits per heavy atom. The van der Waals surface area contributed by atoms with Crippen LogP contribution in [0, 0.1) is 5.92 Å². The quantitative estimate of drug-likeness (QED) is 0.312. The number of nitrogens with one attached hydrogen (secondary N) is 1. The topological polar surface area (TPSA) is 81.8 Å². The number of hydrogen-bond acceptors (Lipinski definition) is 5. The van der Waals surface area contributed by atoms with E-state index in [2.05, 4.69) is 27.2 Å². The van der Waals surface area contributed by atoms with Crippen molar-refractivity contribution in [3.63, 3.8) is 0 Å². The zero-order valence-electron chi connectivity index (χ0n) is 20.5. The summed E-state index contributed by atoms with van der Waals surface area (Å²) in [7, 11) is 0. The summed E-state index contributed by atoms with van der Waals surface area (Å²) in [6, 6.07) is 15.8. The van der Waals surface area contributed by atoms with Crippen molar-refractivity contribution in [3.05, 3.63) is 54.1 Å². The van der Waals surface area contributed by atoms with E-state index in [1.165, 1.54) is 18.5 Å². The van der Waals surface area contributed by atoms with Crippen molar-refractivity contribution in [1.82, 2.24) is 4.90 Å². The summed E-state index contributed by atoms with van der Waals surface area (Å²) in [5.41, 5.74) is 8.31. The van der Waals surface area contributed by atoms with Crippen molar-refractivity contribution < 1.29 is 9.90 Å². The van der Waals surface area contributed by atoms with Gasteiger partial charge in [-0.2, -0.15) is 0 Å². The zero-order valence-corrected chi connectivity index (χ0v) is 22.9. The Kier molecular flexibility index (Phi) is 16.5. The number of amides is 1. The minimum Gasteiger partial charge on any atom is -0.397 e. The maximum Gasteiger partial charge on any atom is 0.255 e. The molecule has 1 saturated heterocycles. The van der Waals surface area contributed by atoms with E-state index in [-0.39, 0.29) is 58.0 Å². The zero-order chi connectivity index (χ0) is 22.7. The molecule has 212 valence electrons. The van der Waals surface area contributed by atoms with Gasteiger partial charge in [0.15, 0.2) is 0 Å². The van der Waals surface area contributed by atoms with E-state index < -0.39 is 5.60 Å². The van der Waals surface area contributed by atoms with Crippen LogP contribution in [0.3, 0.4) is 0 Å². The molecule has 1 heterocycles. The third kappa shape index (κ3) is 10.9. The molecule has 2 aromatic rings. The summed E-state index contributed by atoms with van der Waals surface area (Å²) in [5, 5.41) is 13.0. The predicted octanol–water partition coefficient (Wildman–Crippen LogP) is 6.51. The number of carbonyl (C=O) groups is 1. The second kappa shape index (κ2) is 16.3. The molecule has 9 heteroatoms. The smallest absolute Gasteiger partial charge is 0.255 e. The van der Waals surface area contributed by atoms with Crippen LogP contribution in [0.15, 0.2) is 48.5 Å². The summed E-state index contributed by atoms with van der Waals surface area (Å²) >= 11 is 0. The highest BCUT2D eigenvalue weighted by Gasteiger charge is 2.31. The van der Waals surface area contributed by atoms with Crippen LogP contribution in [0.2, 0.25) is 0 Å². The van der Waals surface area contributed by atoms with Crippen molar-refractivity contribution in [1.29, 1.82) is 0 Å². The normalized spacial score (nSPS) is 15.4. The standard InChI is InChI=1S/C26H36N4O2.2CH4.3ClH/c1-26(2,32)18-29-15-13-22(14-16-29)30(17-19-7-8-19)21-11-9-20(10-12-21)25(31)28-24-6-4-3-5-23(24)27;;;;;/h3-6,9-12,19,22,32H,7-8,13-18,27H2,1-2H3,(H,28,31);2*1H4;3*1H. The SMILES string of the molecule is C.C.CC(C)(O)CN1CCC(N(CC2CC2)c2ccc(C(=O)Nc3ccccc3N)cc2)CC1.Cl.Cl.Cl. The summed E-state index contributed by atoms with van der Waals surface area (Å²) in [6.07, 6.45) is 4.82. The molecule has 1 aliphatic carbocycles. The monoisotopic (exact) mass is 576 g/mol. The van der Waals surface area contributed by atoms with Gasteiger partial charge in [0.25, 0.3) is 5.91 Å². The number of carbonyl (C=O) groups excluding carboxylic acids is 1. The molecule has 0 spiro atoms. The second-order valence-corrected chi connectivity index (χ2v) is 10.0. The Morgan fingerprint density at radius 3 is 2.08 bits per heavy atom. The van der Waals surface area contributed by atoms with Crippen molar-refractivity contribution in [2.75, 3.05) is 42.1 Å². The lowest BCUT2D eigenvalue weighted by Gasteiger charge is -2.41. The molecule has 4 rings (SSSR count). The van der Waals surface area contributed by atoms with Gasteiger partial charge in [-0.15, -0.1) is 37.2 Å². The van der Waals surface area contributed by atoms with Gasteiger partial charge in [0, 0.05) is 43.5 Å². The minimum atomic E-state index is -0.651. The third-order valence-corrected chi connectivity index (χ3v) is 6.43. The minimum absolute atomic E-state index is 0. The van der Waals surface area contributed by atoms with Gasteiger partial charge in [-0.05, 0) is 81.8 Å². The van der Waals surface area contributed by atoms with Gasteiger partial charge < -0.3 is 26.0 Å². The van der Waals surface area contributed by atoms with Gasteiger partial charge in [-0.25, -0.2) is 0 Å². The van der Waals surface area contributed by atoms with Gasteiger partial charge in [0.2, 0.25) is 0 Å². The molecule has 2 aromatic carbocycles. The molecule has 2 fully saturated rings. The number of nitrogens with two attached hydrogens (primary N) is 1. The summed E-state index contributed by atoms with van der Waals surface area (Å²) in [4.78, 5) is 17.6. The first-order chi connectivity index (χ1) is 15.3. The molecule has 1 aliphatic heterocycles. The van der Waals surface area contributed by atoms with Crippen molar-refractivity contribution in [2.45, 2.75) is 66.0 Å². The number of rotatable bonds is 8. The molecule has 0 unspecified atom stereocenters. The Balaban J connectivity index is 0. The highest BCUT2D eigenvalue weighted by Crippen LogP contribution is 2.34.